The molecule has 1 aromatic heterocycles. The third kappa shape index (κ3) is 6.32. The third-order valence-corrected chi connectivity index (χ3v) is 6.43. The zero-order valence-corrected chi connectivity index (χ0v) is 19.2. The predicted molar refractivity (Wildman–Crippen MR) is 126 cm³/mol. The number of nitrogens with one attached hydrogen (secondary N) is 1. The maximum atomic E-state index is 13.3. The number of nitrogens with zero attached hydrogens (tertiary/aromatic N) is 1. The molecule has 0 spiro atoms. The maximum Gasteiger partial charge on any atom is 0.514 e. The summed E-state index contributed by atoms with van der Waals surface area (Å²) in [6.07, 6.45) is 4.64. The average Bonchev–Trinajstić information content (AvgIpc) is 3.51. The van der Waals surface area contributed by atoms with Crippen LogP contribution in [0.2, 0.25) is 0 Å². The van der Waals surface area contributed by atoms with Crippen LogP contribution in [0.3, 0.4) is 0 Å². The van der Waals surface area contributed by atoms with Gasteiger partial charge in [-0.05, 0) is 42.2 Å². The first kappa shape index (κ1) is 22.8. The smallest absolute Gasteiger partial charge is 0.457 e. The Hall–Kier alpha value is -3.39. The number of amides is 1. The van der Waals surface area contributed by atoms with Crippen molar-refractivity contribution in [2.75, 3.05) is 12.4 Å². The summed E-state index contributed by atoms with van der Waals surface area (Å²) >= 11 is 1.19. The van der Waals surface area contributed by atoms with Gasteiger partial charge in [0.05, 0.1) is 18.4 Å². The summed E-state index contributed by atoms with van der Waals surface area (Å²) in [4.78, 5) is 28.7. The number of benzene rings is 2. The second-order valence-corrected chi connectivity index (χ2v) is 8.82. The van der Waals surface area contributed by atoms with Gasteiger partial charge in [0, 0.05) is 0 Å². The molecule has 0 bridgehead atoms. The molecule has 1 unspecified atom stereocenters. The normalized spacial score (nSPS) is 14.5. The standard InChI is InChI=1S/C25H26N2O5S/c1-30-25(29)32-22-16-33-24(26-22)27-23(28)21(15-17-7-5-6-8-17)18-11-13-20(14-12-18)31-19-9-3-2-4-10-19/h2-4,9-14,16-17,21H,5-8,15H2,1H3,(H,26,27,28). The quantitative estimate of drug-likeness (QED) is 0.388. The van der Waals surface area contributed by atoms with Gasteiger partial charge in [-0.2, -0.15) is 4.98 Å². The van der Waals surface area contributed by atoms with Crippen molar-refractivity contribution in [1.82, 2.24) is 4.98 Å². The van der Waals surface area contributed by atoms with Crippen LogP contribution in [0.4, 0.5) is 9.93 Å². The van der Waals surface area contributed by atoms with Crippen LogP contribution >= 0.6 is 11.3 Å². The average molecular weight is 467 g/mol. The molecule has 172 valence electrons. The summed E-state index contributed by atoms with van der Waals surface area (Å²) in [6, 6.07) is 17.3. The first-order chi connectivity index (χ1) is 16.1. The van der Waals surface area contributed by atoms with Gasteiger partial charge >= 0.3 is 6.16 Å². The van der Waals surface area contributed by atoms with Crippen molar-refractivity contribution < 1.29 is 23.8 Å². The Morgan fingerprint density at radius 3 is 2.45 bits per heavy atom. The number of ether oxygens (including phenoxy) is 3. The Labute approximate surface area is 196 Å². The van der Waals surface area contributed by atoms with Gasteiger partial charge in [0.1, 0.15) is 11.5 Å². The van der Waals surface area contributed by atoms with Crippen LogP contribution in [0.1, 0.15) is 43.6 Å². The first-order valence-corrected chi connectivity index (χ1v) is 11.8. The van der Waals surface area contributed by atoms with E-state index in [1.54, 1.807) is 5.38 Å². The Balaban J connectivity index is 1.47. The molecule has 33 heavy (non-hydrogen) atoms. The molecule has 0 radical (unpaired) electrons. The summed E-state index contributed by atoms with van der Waals surface area (Å²) in [6.45, 7) is 0. The molecule has 3 aromatic rings. The van der Waals surface area contributed by atoms with Gasteiger partial charge in [0.25, 0.3) is 0 Å². The minimum Gasteiger partial charge on any atom is -0.457 e. The number of aromatic nitrogens is 1. The van der Waals surface area contributed by atoms with E-state index in [1.807, 2.05) is 54.6 Å². The molecule has 1 aliphatic rings. The van der Waals surface area contributed by atoms with E-state index < -0.39 is 6.16 Å². The minimum absolute atomic E-state index is 0.0944. The van der Waals surface area contributed by atoms with Crippen molar-refractivity contribution in [3.63, 3.8) is 0 Å². The molecular weight excluding hydrogens is 440 g/mol. The molecule has 1 saturated carbocycles. The molecule has 1 heterocycles. The fraction of sp³-hybridized carbons (Fsp3) is 0.320. The van der Waals surface area contributed by atoms with Crippen LogP contribution in [0.25, 0.3) is 0 Å². The molecule has 1 N–H and O–H groups in total. The van der Waals surface area contributed by atoms with E-state index in [0.717, 1.165) is 36.3 Å². The highest BCUT2D eigenvalue weighted by molar-refractivity contribution is 7.14. The van der Waals surface area contributed by atoms with Crippen LogP contribution in [0.5, 0.6) is 17.4 Å². The fourth-order valence-corrected chi connectivity index (χ4v) is 4.67. The highest BCUT2D eigenvalue weighted by Crippen LogP contribution is 2.36. The van der Waals surface area contributed by atoms with E-state index in [0.29, 0.717) is 11.0 Å². The second-order valence-electron chi connectivity index (χ2n) is 7.96. The van der Waals surface area contributed by atoms with E-state index in [9.17, 15) is 9.59 Å². The number of carbonyl (C=O) groups excluding carboxylic acids is 2. The summed E-state index contributed by atoms with van der Waals surface area (Å²) in [7, 11) is 1.22. The van der Waals surface area contributed by atoms with Gasteiger partial charge < -0.3 is 19.5 Å². The number of thiazole rings is 1. The topological polar surface area (TPSA) is 86.8 Å². The number of hydrogen-bond donors (Lipinski definition) is 1. The van der Waals surface area contributed by atoms with Crippen molar-refractivity contribution in [3.05, 3.63) is 65.5 Å². The van der Waals surface area contributed by atoms with Crippen LogP contribution in [0, 0.1) is 5.92 Å². The lowest BCUT2D eigenvalue weighted by Crippen LogP contribution is -2.23. The fourth-order valence-electron chi connectivity index (χ4n) is 4.05. The molecule has 1 amide bonds. The molecule has 8 heteroatoms. The first-order valence-electron chi connectivity index (χ1n) is 11.0. The Kier molecular flexibility index (Phi) is 7.57. The number of methoxy groups -OCH3 is 1. The van der Waals surface area contributed by atoms with Crippen molar-refractivity contribution in [3.8, 4) is 17.4 Å². The zero-order chi connectivity index (χ0) is 23.0. The number of rotatable bonds is 8. The molecule has 0 aliphatic heterocycles. The van der Waals surface area contributed by atoms with Crippen molar-refractivity contribution in [2.45, 2.75) is 38.0 Å². The Morgan fingerprint density at radius 2 is 1.76 bits per heavy atom. The van der Waals surface area contributed by atoms with Crippen molar-refractivity contribution in [1.29, 1.82) is 0 Å². The largest absolute Gasteiger partial charge is 0.514 e. The number of carbonyl (C=O) groups is 2. The molecule has 2 aromatic carbocycles. The highest BCUT2D eigenvalue weighted by Gasteiger charge is 2.27. The molecule has 1 fully saturated rings. The third-order valence-electron chi connectivity index (χ3n) is 5.69. The van der Waals surface area contributed by atoms with Crippen LogP contribution in [0.15, 0.2) is 60.0 Å². The van der Waals surface area contributed by atoms with Gasteiger partial charge in [-0.15, -0.1) is 11.3 Å². The van der Waals surface area contributed by atoms with E-state index in [4.69, 9.17) is 9.47 Å². The van der Waals surface area contributed by atoms with Crippen LogP contribution < -0.4 is 14.8 Å². The van der Waals surface area contributed by atoms with E-state index in [-0.39, 0.29) is 17.7 Å². The van der Waals surface area contributed by atoms with Crippen molar-refractivity contribution >= 4 is 28.5 Å². The van der Waals surface area contributed by atoms with E-state index in [2.05, 4.69) is 15.0 Å². The van der Waals surface area contributed by atoms with Gasteiger partial charge in [-0.25, -0.2) is 4.79 Å². The lowest BCUT2D eigenvalue weighted by Gasteiger charge is -2.20. The molecule has 1 aliphatic carbocycles. The summed E-state index contributed by atoms with van der Waals surface area (Å²) in [5.74, 6) is 1.66. The maximum absolute atomic E-state index is 13.3. The second kappa shape index (κ2) is 11.0. The molecule has 0 saturated heterocycles. The Morgan fingerprint density at radius 1 is 1.06 bits per heavy atom. The van der Waals surface area contributed by atoms with Crippen molar-refractivity contribution in [2.24, 2.45) is 5.92 Å². The number of hydrogen-bond acceptors (Lipinski definition) is 7. The predicted octanol–water partition coefficient (Wildman–Crippen LogP) is 6.38. The summed E-state index contributed by atoms with van der Waals surface area (Å²) in [5.41, 5.74) is 0.933. The van der Waals surface area contributed by atoms with Crippen LogP contribution in [-0.2, 0) is 9.53 Å². The molecule has 4 rings (SSSR count). The zero-order valence-electron chi connectivity index (χ0n) is 18.4. The van der Waals surface area contributed by atoms with Gasteiger partial charge in [-0.1, -0.05) is 56.0 Å². The molecule has 7 nitrogen and oxygen atoms in total. The highest BCUT2D eigenvalue weighted by atomic mass is 32.1. The minimum atomic E-state index is -0.852. The van der Waals surface area contributed by atoms with Gasteiger partial charge in [0.2, 0.25) is 11.8 Å². The van der Waals surface area contributed by atoms with Gasteiger partial charge in [-0.3, -0.25) is 4.79 Å². The summed E-state index contributed by atoms with van der Waals surface area (Å²) in [5, 5.41) is 4.81. The lowest BCUT2D eigenvalue weighted by atomic mass is 9.87. The van der Waals surface area contributed by atoms with Crippen LogP contribution in [-0.4, -0.2) is 24.2 Å². The molecular formula is C25H26N2O5S. The summed E-state index contributed by atoms with van der Waals surface area (Å²) < 4.78 is 15.3. The Bertz CT molecular complexity index is 1060. The molecule has 1 atom stereocenters. The van der Waals surface area contributed by atoms with E-state index in [1.165, 1.54) is 31.3 Å². The lowest BCUT2D eigenvalue weighted by molar-refractivity contribution is -0.118. The number of para-hydroxylation sites is 1. The van der Waals surface area contributed by atoms with Gasteiger partial charge in [0.15, 0.2) is 5.13 Å². The van der Waals surface area contributed by atoms with E-state index >= 15 is 0 Å². The SMILES string of the molecule is COC(=O)Oc1csc(NC(=O)C(CC2CCCC2)c2ccc(Oc3ccccc3)cc2)n1. The monoisotopic (exact) mass is 466 g/mol. The number of anilines is 1.